The van der Waals surface area contributed by atoms with Gasteiger partial charge in [0.05, 0.1) is 19.8 Å². The van der Waals surface area contributed by atoms with Gasteiger partial charge in [0.25, 0.3) is 11.8 Å². The first-order valence-corrected chi connectivity index (χ1v) is 11.3. The number of anilines is 1. The van der Waals surface area contributed by atoms with E-state index in [9.17, 15) is 9.59 Å². The van der Waals surface area contributed by atoms with Gasteiger partial charge in [-0.2, -0.15) is 0 Å². The lowest BCUT2D eigenvalue weighted by Gasteiger charge is -2.22. The number of rotatable bonds is 7. The maximum Gasteiger partial charge on any atom is 0.278 e. The molecule has 0 N–H and O–H groups in total. The summed E-state index contributed by atoms with van der Waals surface area (Å²) >= 11 is 0. The topological polar surface area (TPSA) is 59.1 Å². The standard InChI is InChI=1S/C28H26N2O4/c1-33-21-13-11-19(12-14-21)15-17-30-27(31)25(22-8-4-6-10-24(22)34-2)26(28(30)32)29-18-16-20-7-3-5-9-23(20)29/h3-14H,15-18H2,1-2H3. The molecule has 6 heteroatoms. The summed E-state index contributed by atoms with van der Waals surface area (Å²) in [5, 5.41) is 0. The van der Waals surface area contributed by atoms with Crippen LogP contribution in [0.5, 0.6) is 11.5 Å². The van der Waals surface area contributed by atoms with Gasteiger partial charge in [-0.1, -0.05) is 48.5 Å². The van der Waals surface area contributed by atoms with E-state index in [1.807, 2.05) is 71.6 Å². The molecule has 2 aliphatic heterocycles. The molecule has 6 nitrogen and oxygen atoms in total. The van der Waals surface area contributed by atoms with Crippen LogP contribution in [0.1, 0.15) is 16.7 Å². The quantitative estimate of drug-likeness (QED) is 0.504. The maximum absolute atomic E-state index is 13.8. The Morgan fingerprint density at radius 1 is 0.824 bits per heavy atom. The molecule has 0 saturated heterocycles. The van der Waals surface area contributed by atoms with Gasteiger partial charge in [0, 0.05) is 24.3 Å². The van der Waals surface area contributed by atoms with E-state index in [1.165, 1.54) is 10.5 Å². The van der Waals surface area contributed by atoms with Gasteiger partial charge in [-0.25, -0.2) is 0 Å². The van der Waals surface area contributed by atoms with Crippen LogP contribution < -0.4 is 14.4 Å². The summed E-state index contributed by atoms with van der Waals surface area (Å²) in [6.07, 6.45) is 1.39. The minimum absolute atomic E-state index is 0.267. The Morgan fingerprint density at radius 2 is 1.56 bits per heavy atom. The molecule has 34 heavy (non-hydrogen) atoms. The fourth-order valence-corrected chi connectivity index (χ4v) is 4.71. The van der Waals surface area contributed by atoms with Crippen LogP contribution in [-0.4, -0.2) is 44.0 Å². The molecule has 0 bridgehead atoms. The van der Waals surface area contributed by atoms with E-state index < -0.39 is 0 Å². The third-order valence-electron chi connectivity index (χ3n) is 6.46. The van der Waals surface area contributed by atoms with E-state index >= 15 is 0 Å². The van der Waals surface area contributed by atoms with E-state index in [-0.39, 0.29) is 11.8 Å². The van der Waals surface area contributed by atoms with Gasteiger partial charge >= 0.3 is 0 Å². The second-order valence-corrected chi connectivity index (χ2v) is 8.31. The van der Waals surface area contributed by atoms with E-state index in [0.29, 0.717) is 42.1 Å². The number of carbonyl (C=O) groups is 2. The number of hydrogen-bond donors (Lipinski definition) is 0. The minimum atomic E-state index is -0.289. The molecule has 0 radical (unpaired) electrons. The number of nitrogens with zero attached hydrogens (tertiary/aromatic N) is 2. The number of hydrogen-bond acceptors (Lipinski definition) is 5. The van der Waals surface area contributed by atoms with Gasteiger partial charge in [0.15, 0.2) is 0 Å². The van der Waals surface area contributed by atoms with Crippen molar-refractivity contribution in [1.29, 1.82) is 0 Å². The van der Waals surface area contributed by atoms with Crippen molar-refractivity contribution >= 4 is 23.1 Å². The summed E-state index contributed by atoms with van der Waals surface area (Å²) in [4.78, 5) is 30.8. The van der Waals surface area contributed by atoms with Gasteiger partial charge in [0.2, 0.25) is 0 Å². The summed E-state index contributed by atoms with van der Waals surface area (Å²) in [5.74, 6) is 0.784. The number of methoxy groups -OCH3 is 2. The molecule has 2 heterocycles. The van der Waals surface area contributed by atoms with Crippen LogP contribution in [0.4, 0.5) is 5.69 Å². The van der Waals surface area contributed by atoms with E-state index in [2.05, 4.69) is 6.07 Å². The number of imide groups is 1. The Labute approximate surface area is 199 Å². The molecule has 0 aromatic heterocycles. The fourth-order valence-electron chi connectivity index (χ4n) is 4.71. The summed E-state index contributed by atoms with van der Waals surface area (Å²) in [6.45, 7) is 0.945. The molecule has 0 spiro atoms. The summed E-state index contributed by atoms with van der Waals surface area (Å²) in [7, 11) is 3.20. The highest BCUT2D eigenvalue weighted by Crippen LogP contribution is 2.40. The van der Waals surface area contributed by atoms with Gasteiger partial charge in [-0.05, 0) is 48.2 Å². The lowest BCUT2D eigenvalue weighted by Crippen LogP contribution is -2.36. The number of fused-ring (bicyclic) bond motifs is 1. The first-order chi connectivity index (χ1) is 16.6. The minimum Gasteiger partial charge on any atom is -0.497 e. The average Bonchev–Trinajstić information content (AvgIpc) is 3.41. The van der Waals surface area contributed by atoms with Crippen molar-refractivity contribution in [3.63, 3.8) is 0 Å². The van der Waals surface area contributed by atoms with E-state index in [1.54, 1.807) is 14.2 Å². The highest BCUT2D eigenvalue weighted by Gasteiger charge is 2.43. The zero-order chi connectivity index (χ0) is 23.7. The normalized spacial score (nSPS) is 15.2. The highest BCUT2D eigenvalue weighted by molar-refractivity contribution is 6.37. The Morgan fingerprint density at radius 3 is 2.32 bits per heavy atom. The van der Waals surface area contributed by atoms with Gasteiger partial charge in [0.1, 0.15) is 17.2 Å². The zero-order valence-electron chi connectivity index (χ0n) is 19.3. The molecule has 2 amide bonds. The maximum atomic E-state index is 13.8. The molecule has 2 aliphatic rings. The summed E-state index contributed by atoms with van der Waals surface area (Å²) in [6, 6.07) is 23.1. The van der Waals surface area contributed by atoms with Crippen molar-refractivity contribution in [2.45, 2.75) is 12.8 Å². The summed E-state index contributed by atoms with van der Waals surface area (Å²) in [5.41, 5.74) is 4.63. The van der Waals surface area contributed by atoms with Crippen molar-refractivity contribution in [1.82, 2.24) is 4.90 Å². The zero-order valence-corrected chi connectivity index (χ0v) is 19.3. The Hall–Kier alpha value is -4.06. The predicted molar refractivity (Wildman–Crippen MR) is 131 cm³/mol. The molecule has 0 saturated carbocycles. The third kappa shape index (κ3) is 3.71. The molecule has 3 aromatic rings. The average molecular weight is 455 g/mol. The van der Waals surface area contributed by atoms with Crippen LogP contribution in [0, 0.1) is 0 Å². The van der Waals surface area contributed by atoms with Crippen molar-refractivity contribution in [3.05, 3.63) is 95.2 Å². The monoisotopic (exact) mass is 454 g/mol. The number of ether oxygens (including phenoxy) is 2. The molecule has 0 fully saturated rings. The van der Waals surface area contributed by atoms with Crippen LogP contribution in [0.3, 0.4) is 0 Å². The largest absolute Gasteiger partial charge is 0.497 e. The molecular formula is C28H26N2O4. The molecule has 5 rings (SSSR count). The number of amides is 2. The lowest BCUT2D eigenvalue weighted by atomic mass is 10.0. The van der Waals surface area contributed by atoms with Crippen LogP contribution in [0.25, 0.3) is 5.57 Å². The molecule has 172 valence electrons. The van der Waals surface area contributed by atoms with Crippen LogP contribution in [0.2, 0.25) is 0 Å². The van der Waals surface area contributed by atoms with Gasteiger partial charge in [-0.3, -0.25) is 14.5 Å². The molecule has 3 aromatic carbocycles. The lowest BCUT2D eigenvalue weighted by molar-refractivity contribution is -0.136. The second-order valence-electron chi connectivity index (χ2n) is 8.31. The van der Waals surface area contributed by atoms with Crippen molar-refractivity contribution < 1.29 is 19.1 Å². The fraction of sp³-hybridized carbons (Fsp3) is 0.214. The Kier molecular flexibility index (Phi) is 5.80. The van der Waals surface area contributed by atoms with Crippen LogP contribution >= 0.6 is 0 Å². The molecular weight excluding hydrogens is 428 g/mol. The smallest absolute Gasteiger partial charge is 0.278 e. The second kappa shape index (κ2) is 9.06. The van der Waals surface area contributed by atoms with E-state index in [0.717, 1.165) is 23.4 Å². The Bertz CT molecular complexity index is 1280. The predicted octanol–water partition coefficient (Wildman–Crippen LogP) is 4.09. The number of benzene rings is 3. The van der Waals surface area contributed by atoms with Crippen molar-refractivity contribution in [3.8, 4) is 11.5 Å². The Balaban J connectivity index is 1.53. The summed E-state index contributed by atoms with van der Waals surface area (Å²) < 4.78 is 10.8. The van der Waals surface area contributed by atoms with E-state index in [4.69, 9.17) is 9.47 Å². The van der Waals surface area contributed by atoms with Crippen molar-refractivity contribution in [2.75, 3.05) is 32.2 Å². The number of carbonyl (C=O) groups excluding carboxylic acids is 2. The van der Waals surface area contributed by atoms with Gasteiger partial charge < -0.3 is 14.4 Å². The number of para-hydroxylation sites is 2. The van der Waals surface area contributed by atoms with Crippen LogP contribution in [-0.2, 0) is 22.4 Å². The SMILES string of the molecule is COc1ccc(CCN2C(=O)C(c3ccccc3OC)=C(N3CCc4ccccc43)C2=O)cc1. The molecule has 0 atom stereocenters. The first-order valence-electron chi connectivity index (χ1n) is 11.3. The highest BCUT2D eigenvalue weighted by atomic mass is 16.5. The molecule has 0 aliphatic carbocycles. The van der Waals surface area contributed by atoms with Crippen molar-refractivity contribution in [2.24, 2.45) is 0 Å². The van der Waals surface area contributed by atoms with Gasteiger partial charge in [-0.15, -0.1) is 0 Å². The first kappa shape index (κ1) is 21.8. The molecule has 0 unspecified atom stereocenters. The third-order valence-corrected chi connectivity index (χ3v) is 6.46. The van der Waals surface area contributed by atoms with Crippen LogP contribution in [0.15, 0.2) is 78.5 Å².